The molecule has 0 spiro atoms. The Balaban J connectivity index is 0.000000147. The predicted molar refractivity (Wildman–Crippen MR) is 523 cm³/mol. The molecule has 17 aromatic carbocycles. The highest BCUT2D eigenvalue weighted by Gasteiger charge is 2.26. The molecule has 8 aromatic heterocycles. The van der Waals surface area contributed by atoms with Gasteiger partial charge in [-0.2, -0.15) is 0 Å². The molecule has 127 heavy (non-hydrogen) atoms. The molecule has 25 aromatic rings. The zero-order valence-corrected chi connectivity index (χ0v) is 69.0. The van der Waals surface area contributed by atoms with Crippen LogP contribution in [0.5, 0.6) is 0 Å². The van der Waals surface area contributed by atoms with Gasteiger partial charge in [0.2, 0.25) is 0 Å². The molecule has 10 nitrogen and oxygen atoms in total. The maximum Gasteiger partial charge on any atom is 0.196 e. The molecule has 8 heterocycles. The fourth-order valence-corrected chi connectivity index (χ4v) is 19.1. The Kier molecular flexibility index (Phi) is 17.9. The zero-order valence-electron chi connectivity index (χ0n) is 69.0. The summed E-state index contributed by atoms with van der Waals surface area (Å²) in [6.45, 7) is 2.20. The molecule has 0 aliphatic heterocycles. The van der Waals surface area contributed by atoms with E-state index in [0.29, 0.717) is 17.4 Å². The Morgan fingerprint density at radius 3 is 1.21 bits per heavy atom. The summed E-state index contributed by atoms with van der Waals surface area (Å²) in [6.07, 6.45) is 0. The van der Waals surface area contributed by atoms with E-state index in [1.54, 1.807) is 0 Å². The minimum Gasteiger partial charge on any atom is -0.455 e. The number of furan rings is 2. The van der Waals surface area contributed by atoms with Gasteiger partial charge in [0.15, 0.2) is 17.4 Å². The van der Waals surface area contributed by atoms with Gasteiger partial charge >= 0.3 is 0 Å². The van der Waals surface area contributed by atoms with E-state index in [4.69, 9.17) is 28.8 Å². The Hall–Kier alpha value is -17.1. The number of para-hydroxylation sites is 7. The van der Waals surface area contributed by atoms with Crippen LogP contribution in [0, 0.1) is 6.92 Å². The van der Waals surface area contributed by atoms with Crippen molar-refractivity contribution in [3.05, 3.63) is 449 Å². The fraction of sp³-hybridized carbons (Fsp3) is 0.00855. The molecule has 0 N–H and O–H groups in total. The second-order valence-corrected chi connectivity index (χ2v) is 32.4. The zero-order chi connectivity index (χ0) is 84.0. The highest BCUT2D eigenvalue weighted by Crippen LogP contribution is 2.47. The first-order valence-corrected chi connectivity index (χ1v) is 43.0. The van der Waals surface area contributed by atoms with Crippen molar-refractivity contribution in [3.8, 4) is 135 Å². The molecule has 0 aliphatic rings. The fourth-order valence-electron chi connectivity index (χ4n) is 19.1. The van der Waals surface area contributed by atoms with Crippen LogP contribution in [-0.4, -0.2) is 38.2 Å². The summed E-state index contributed by atoms with van der Waals surface area (Å²) >= 11 is 0. The van der Waals surface area contributed by atoms with Crippen molar-refractivity contribution < 1.29 is 8.83 Å². The molecule has 596 valence electrons. The lowest BCUT2D eigenvalue weighted by Gasteiger charge is -2.15. The standard InChI is InChI=1S/C67H45N5.C50H31N3O2/c1-44-40-58-55(67-68-59(45-20-6-2-7-21-45)43-60(69-67)46-22-8-3-9-23-46)38-37-53(66(58)70(44)49-25-10-4-11-26-49)48-36-39-63-57(42-48)54-30-14-16-33-61(54)72(63)51-29-18-24-47(41-51)52-32-19-35-64-65(52)56-31-15-17-34-62(56)71(64)50-27-12-5-13-28-50;1-3-12-33(13-4-1)42-31-43(34-14-5-2-6-15-34)52-50(51-42)48-29-28-46(54-48)35-24-27-45-41(30-35)38-16-7-9-20-44(38)53(45)36-25-22-32(23-26-36)37-18-11-19-40-39-17-8-10-21-47(39)55-49(37)40/h2-43H,1H3;1-31H. The van der Waals surface area contributed by atoms with Crippen LogP contribution in [0.15, 0.2) is 452 Å². The largest absolute Gasteiger partial charge is 0.455 e. The van der Waals surface area contributed by atoms with Crippen LogP contribution in [0.1, 0.15) is 5.69 Å². The number of nitrogens with zero attached hydrogens (tertiary/aromatic N) is 8. The van der Waals surface area contributed by atoms with Crippen molar-refractivity contribution >= 4 is 98.3 Å². The molecule has 25 rings (SSSR count). The van der Waals surface area contributed by atoms with E-state index in [1.165, 1.54) is 49.1 Å². The molecule has 0 saturated heterocycles. The number of aromatic nitrogens is 8. The average molecular weight is 1630 g/mol. The molecule has 0 amide bonds. The van der Waals surface area contributed by atoms with Crippen LogP contribution in [-0.2, 0) is 0 Å². The SMILES string of the molecule is Cc1cc2c(-c3nc(-c4ccccc4)cc(-c4ccccc4)n3)ccc(-c3ccc4c(c3)c3ccccc3n4-c3cccc(-c4cccc5c4c4ccccc4n5-c4ccccc4)c3)c2n1-c1ccccc1.c1ccc(-c2cc(-c3ccccc3)nc(-c3ccc(-c4ccc5c(c4)c4ccccc4n5-c4ccc(-c5cccc6c5oc5ccccc56)cc4)o3)n2)cc1. The highest BCUT2D eigenvalue weighted by molar-refractivity contribution is 6.17. The van der Waals surface area contributed by atoms with Gasteiger partial charge in [-0.05, 0) is 175 Å². The first-order valence-electron chi connectivity index (χ1n) is 43.0. The van der Waals surface area contributed by atoms with E-state index in [9.17, 15) is 0 Å². The molecule has 0 atom stereocenters. The van der Waals surface area contributed by atoms with E-state index in [1.807, 2.05) is 78.9 Å². The second-order valence-electron chi connectivity index (χ2n) is 32.4. The second kappa shape index (κ2) is 30.8. The van der Waals surface area contributed by atoms with E-state index in [2.05, 4.69) is 389 Å². The first kappa shape index (κ1) is 73.8. The van der Waals surface area contributed by atoms with Crippen LogP contribution in [0.25, 0.3) is 234 Å². The minimum atomic E-state index is 0.546. The predicted octanol–water partition coefficient (Wildman–Crippen LogP) is 30.7. The van der Waals surface area contributed by atoms with Gasteiger partial charge in [0.1, 0.15) is 16.9 Å². The van der Waals surface area contributed by atoms with Gasteiger partial charge in [0, 0.05) is 121 Å². The van der Waals surface area contributed by atoms with E-state index in [0.717, 1.165) is 173 Å². The van der Waals surface area contributed by atoms with Crippen molar-refractivity contribution in [2.24, 2.45) is 0 Å². The van der Waals surface area contributed by atoms with Crippen LogP contribution >= 0.6 is 0 Å². The van der Waals surface area contributed by atoms with Gasteiger partial charge in [-0.15, -0.1) is 0 Å². The lowest BCUT2D eigenvalue weighted by atomic mass is 9.97. The molecule has 0 radical (unpaired) electrons. The van der Waals surface area contributed by atoms with Gasteiger partial charge in [0.05, 0.1) is 61.4 Å². The molecule has 0 fully saturated rings. The van der Waals surface area contributed by atoms with Gasteiger partial charge in [-0.3, -0.25) is 0 Å². The summed E-state index contributed by atoms with van der Waals surface area (Å²) in [5, 5.41) is 10.6. The molecule has 0 saturated carbocycles. The quantitative estimate of drug-likeness (QED) is 0.108. The van der Waals surface area contributed by atoms with Crippen molar-refractivity contribution in [2.75, 3.05) is 0 Å². The Morgan fingerprint density at radius 2 is 0.606 bits per heavy atom. The smallest absolute Gasteiger partial charge is 0.196 e. The summed E-state index contributed by atoms with van der Waals surface area (Å²) in [5.41, 5.74) is 31.9. The third-order valence-electron chi connectivity index (χ3n) is 24.9. The molecule has 0 unspecified atom stereocenters. The molecule has 0 aliphatic carbocycles. The van der Waals surface area contributed by atoms with Crippen molar-refractivity contribution in [1.82, 2.24) is 38.2 Å². The third-order valence-corrected chi connectivity index (χ3v) is 24.9. The summed E-state index contributed by atoms with van der Waals surface area (Å²) < 4.78 is 22.5. The monoisotopic (exact) mass is 1620 g/mol. The number of aryl methyl sites for hydroxylation is 1. The van der Waals surface area contributed by atoms with E-state index in [-0.39, 0.29) is 0 Å². The summed E-state index contributed by atoms with van der Waals surface area (Å²) in [6, 6.07) is 156. The molecule has 0 bridgehead atoms. The Morgan fingerprint density at radius 1 is 0.205 bits per heavy atom. The Bertz CT molecular complexity index is 8440. The maximum atomic E-state index is 6.56. The summed E-state index contributed by atoms with van der Waals surface area (Å²) in [4.78, 5) is 20.6. The van der Waals surface area contributed by atoms with E-state index >= 15 is 0 Å². The molecular weight excluding hydrogens is 1550 g/mol. The van der Waals surface area contributed by atoms with Crippen LogP contribution in [0.2, 0.25) is 0 Å². The topological polar surface area (TPSA) is 97.6 Å². The average Bonchev–Trinajstić information content (AvgIpc) is 1.59. The number of hydrogen-bond acceptors (Lipinski definition) is 6. The summed E-state index contributed by atoms with van der Waals surface area (Å²) in [5.74, 6) is 2.61. The lowest BCUT2D eigenvalue weighted by molar-refractivity contribution is 0.592. The van der Waals surface area contributed by atoms with Gasteiger partial charge in [-0.1, -0.05) is 297 Å². The van der Waals surface area contributed by atoms with E-state index < -0.39 is 0 Å². The van der Waals surface area contributed by atoms with Crippen molar-refractivity contribution in [3.63, 3.8) is 0 Å². The highest BCUT2D eigenvalue weighted by atomic mass is 16.3. The Labute approximate surface area is 731 Å². The maximum absolute atomic E-state index is 6.56. The van der Waals surface area contributed by atoms with Gasteiger partial charge in [0.25, 0.3) is 0 Å². The van der Waals surface area contributed by atoms with Gasteiger partial charge in [-0.25, -0.2) is 19.9 Å². The normalized spacial score (nSPS) is 11.7. The minimum absolute atomic E-state index is 0.546. The lowest BCUT2D eigenvalue weighted by Crippen LogP contribution is -1.99. The van der Waals surface area contributed by atoms with Gasteiger partial charge < -0.3 is 27.1 Å². The third kappa shape index (κ3) is 12.9. The number of fused-ring (bicyclic) bond motifs is 13. The number of rotatable bonds is 14. The summed E-state index contributed by atoms with van der Waals surface area (Å²) in [7, 11) is 0. The van der Waals surface area contributed by atoms with Crippen molar-refractivity contribution in [1.29, 1.82) is 0 Å². The van der Waals surface area contributed by atoms with Crippen LogP contribution < -0.4 is 0 Å². The van der Waals surface area contributed by atoms with Crippen molar-refractivity contribution in [2.45, 2.75) is 6.92 Å². The van der Waals surface area contributed by atoms with Crippen LogP contribution in [0.3, 0.4) is 0 Å². The first-order chi connectivity index (χ1) is 62.9. The molecule has 10 heteroatoms. The number of benzene rings is 17. The van der Waals surface area contributed by atoms with Crippen LogP contribution in [0.4, 0.5) is 0 Å². The molecular formula is C117H76N8O2. The number of hydrogen-bond donors (Lipinski definition) is 0.